The molecular weight excluding hydrogens is 297 g/mol. The van der Waals surface area contributed by atoms with Crippen molar-refractivity contribution in [1.29, 1.82) is 0 Å². The smallest absolute Gasteiger partial charge is 0.321 e. The number of amides is 3. The van der Waals surface area contributed by atoms with Gasteiger partial charge in [0, 0.05) is 24.5 Å². The number of likely N-dealkylation sites (tertiary alicyclic amines) is 1. The van der Waals surface area contributed by atoms with Gasteiger partial charge in [-0.05, 0) is 37.0 Å². The summed E-state index contributed by atoms with van der Waals surface area (Å²) in [4.78, 5) is 24.7. The minimum Gasteiger partial charge on any atom is -0.370 e. The molecular formula is C14H17ClFN3O2. The van der Waals surface area contributed by atoms with E-state index in [0.717, 1.165) is 12.8 Å². The Morgan fingerprint density at radius 2 is 2.24 bits per heavy atom. The number of rotatable bonds is 3. The molecule has 7 heteroatoms. The van der Waals surface area contributed by atoms with Gasteiger partial charge in [0.05, 0.1) is 5.69 Å². The third kappa shape index (κ3) is 4.32. The van der Waals surface area contributed by atoms with Gasteiger partial charge in [0.15, 0.2) is 0 Å². The van der Waals surface area contributed by atoms with Crippen molar-refractivity contribution in [1.82, 2.24) is 4.90 Å². The zero-order valence-electron chi connectivity index (χ0n) is 11.4. The molecule has 1 unspecified atom stereocenters. The number of nitrogens with two attached hydrogens (primary N) is 1. The molecule has 1 aromatic carbocycles. The van der Waals surface area contributed by atoms with Crippen LogP contribution in [0.2, 0.25) is 5.02 Å². The Labute approximate surface area is 127 Å². The van der Waals surface area contributed by atoms with Crippen LogP contribution >= 0.6 is 11.6 Å². The van der Waals surface area contributed by atoms with Crippen molar-refractivity contribution >= 4 is 29.2 Å². The van der Waals surface area contributed by atoms with Gasteiger partial charge >= 0.3 is 6.03 Å². The number of hydrogen-bond donors (Lipinski definition) is 2. The lowest BCUT2D eigenvalue weighted by molar-refractivity contribution is -0.119. The Balaban J connectivity index is 1.99. The fourth-order valence-corrected chi connectivity index (χ4v) is 2.66. The molecule has 21 heavy (non-hydrogen) atoms. The van der Waals surface area contributed by atoms with Gasteiger partial charge in [-0.3, -0.25) is 4.79 Å². The number of urea groups is 1. The van der Waals surface area contributed by atoms with Crippen molar-refractivity contribution in [3.8, 4) is 0 Å². The number of nitrogens with zero attached hydrogens (tertiary/aromatic N) is 1. The van der Waals surface area contributed by atoms with Crippen molar-refractivity contribution < 1.29 is 14.0 Å². The summed E-state index contributed by atoms with van der Waals surface area (Å²) in [5, 5.41) is 2.85. The normalized spacial score (nSPS) is 18.4. The van der Waals surface area contributed by atoms with E-state index < -0.39 is 11.8 Å². The molecule has 0 saturated carbocycles. The number of piperidine rings is 1. The van der Waals surface area contributed by atoms with Gasteiger partial charge in [0.25, 0.3) is 0 Å². The first-order valence-electron chi connectivity index (χ1n) is 6.75. The molecule has 0 aromatic heterocycles. The second kappa shape index (κ2) is 6.76. The number of benzene rings is 1. The van der Waals surface area contributed by atoms with Gasteiger partial charge in [-0.1, -0.05) is 11.6 Å². The largest absolute Gasteiger partial charge is 0.370 e. The van der Waals surface area contributed by atoms with Crippen LogP contribution in [0, 0.1) is 11.7 Å². The van der Waals surface area contributed by atoms with Crippen LogP contribution in [0.5, 0.6) is 0 Å². The first-order valence-corrected chi connectivity index (χ1v) is 7.13. The van der Waals surface area contributed by atoms with Crippen molar-refractivity contribution in [2.24, 2.45) is 11.7 Å². The Hall–Kier alpha value is -1.82. The number of halogens is 2. The zero-order valence-corrected chi connectivity index (χ0v) is 12.2. The van der Waals surface area contributed by atoms with Crippen molar-refractivity contribution in [3.63, 3.8) is 0 Å². The first kappa shape index (κ1) is 15.6. The fourth-order valence-electron chi connectivity index (χ4n) is 2.49. The molecule has 114 valence electrons. The minimum absolute atomic E-state index is 0.0459. The van der Waals surface area contributed by atoms with Crippen molar-refractivity contribution in [2.45, 2.75) is 19.3 Å². The van der Waals surface area contributed by atoms with E-state index in [1.165, 1.54) is 18.2 Å². The van der Waals surface area contributed by atoms with E-state index >= 15 is 0 Å². The molecule has 0 aliphatic carbocycles. The van der Waals surface area contributed by atoms with E-state index in [1.807, 2.05) is 0 Å². The number of carbonyl (C=O) groups excluding carboxylic acids is 2. The number of anilines is 1. The van der Waals surface area contributed by atoms with Crippen LogP contribution in [0.4, 0.5) is 14.9 Å². The standard InChI is InChI=1S/C14H17ClFN3O2/c15-10-3-4-11(16)12(7-10)18-14(21)19-5-1-2-9(8-19)6-13(17)20/h3-4,7,9H,1-2,5-6,8H2,(H2,17,20)(H,18,21). The number of hydrogen-bond acceptors (Lipinski definition) is 2. The summed E-state index contributed by atoms with van der Waals surface area (Å²) in [5.74, 6) is -0.854. The lowest BCUT2D eigenvalue weighted by Gasteiger charge is -2.32. The molecule has 0 bridgehead atoms. The van der Waals surface area contributed by atoms with Crippen LogP contribution < -0.4 is 11.1 Å². The minimum atomic E-state index is -0.543. The molecule has 0 spiro atoms. The number of primary amides is 1. The lowest BCUT2D eigenvalue weighted by Crippen LogP contribution is -2.43. The molecule has 2 rings (SSSR count). The Bertz CT molecular complexity index is 553. The molecule has 1 heterocycles. The maximum absolute atomic E-state index is 13.6. The van der Waals surface area contributed by atoms with Crippen molar-refractivity contribution in [3.05, 3.63) is 29.0 Å². The van der Waals surface area contributed by atoms with Crippen LogP contribution in [-0.2, 0) is 4.79 Å². The number of carbonyl (C=O) groups is 2. The molecule has 3 amide bonds. The second-order valence-corrected chi connectivity index (χ2v) is 5.62. The van der Waals surface area contributed by atoms with E-state index in [1.54, 1.807) is 4.90 Å². The zero-order chi connectivity index (χ0) is 15.4. The third-order valence-electron chi connectivity index (χ3n) is 3.47. The van der Waals surface area contributed by atoms with E-state index in [4.69, 9.17) is 17.3 Å². The van der Waals surface area contributed by atoms with Gasteiger partial charge in [-0.2, -0.15) is 0 Å². The van der Waals surface area contributed by atoms with Gasteiger partial charge < -0.3 is 16.0 Å². The average Bonchev–Trinajstić information content (AvgIpc) is 2.42. The molecule has 3 N–H and O–H groups in total. The van der Waals surface area contributed by atoms with Gasteiger partial charge in [0.2, 0.25) is 5.91 Å². The highest BCUT2D eigenvalue weighted by Crippen LogP contribution is 2.22. The van der Waals surface area contributed by atoms with Gasteiger partial charge in [-0.15, -0.1) is 0 Å². The summed E-state index contributed by atoms with van der Waals surface area (Å²) < 4.78 is 13.6. The summed E-state index contributed by atoms with van der Waals surface area (Å²) in [6.45, 7) is 1.01. The van der Waals surface area contributed by atoms with E-state index in [2.05, 4.69) is 5.32 Å². The summed E-state index contributed by atoms with van der Waals surface area (Å²) in [5.41, 5.74) is 5.23. The number of nitrogens with one attached hydrogen (secondary N) is 1. The molecule has 1 saturated heterocycles. The lowest BCUT2D eigenvalue weighted by atomic mass is 9.95. The topological polar surface area (TPSA) is 75.4 Å². The van der Waals surface area contributed by atoms with E-state index in [9.17, 15) is 14.0 Å². The van der Waals surface area contributed by atoms with Crippen LogP contribution in [0.3, 0.4) is 0 Å². The quantitative estimate of drug-likeness (QED) is 0.900. The predicted octanol–water partition coefficient (Wildman–Crippen LogP) is 2.60. The molecule has 1 aliphatic rings. The summed E-state index contributed by atoms with van der Waals surface area (Å²) >= 11 is 5.78. The molecule has 1 aromatic rings. The van der Waals surface area contributed by atoms with Crippen LogP contribution in [0.15, 0.2) is 18.2 Å². The fraction of sp³-hybridized carbons (Fsp3) is 0.429. The van der Waals surface area contributed by atoms with Crippen LogP contribution in [0.25, 0.3) is 0 Å². The summed E-state index contributed by atoms with van der Waals surface area (Å²) in [7, 11) is 0. The molecule has 1 atom stereocenters. The second-order valence-electron chi connectivity index (χ2n) is 5.18. The Kier molecular flexibility index (Phi) is 5.01. The Morgan fingerprint density at radius 1 is 1.48 bits per heavy atom. The highest BCUT2D eigenvalue weighted by molar-refractivity contribution is 6.30. The Morgan fingerprint density at radius 3 is 2.95 bits per heavy atom. The molecule has 1 fully saturated rings. The first-order chi connectivity index (χ1) is 9.95. The predicted molar refractivity (Wildman–Crippen MR) is 78.5 cm³/mol. The van der Waals surface area contributed by atoms with Gasteiger partial charge in [0.1, 0.15) is 5.82 Å². The molecule has 0 radical (unpaired) electrons. The maximum Gasteiger partial charge on any atom is 0.321 e. The summed E-state index contributed by atoms with van der Waals surface area (Å²) in [6, 6.07) is 3.57. The maximum atomic E-state index is 13.6. The molecule has 5 nitrogen and oxygen atoms in total. The average molecular weight is 314 g/mol. The molecule has 1 aliphatic heterocycles. The highest BCUT2D eigenvalue weighted by atomic mass is 35.5. The van der Waals surface area contributed by atoms with Gasteiger partial charge in [-0.25, -0.2) is 9.18 Å². The SMILES string of the molecule is NC(=O)CC1CCCN(C(=O)Nc2cc(Cl)ccc2F)C1. The van der Waals surface area contributed by atoms with Crippen LogP contribution in [-0.4, -0.2) is 29.9 Å². The van der Waals surface area contributed by atoms with Crippen molar-refractivity contribution in [2.75, 3.05) is 18.4 Å². The third-order valence-corrected chi connectivity index (χ3v) is 3.70. The summed E-state index contributed by atoms with van der Waals surface area (Å²) in [6.07, 6.45) is 1.91. The van der Waals surface area contributed by atoms with E-state index in [0.29, 0.717) is 18.1 Å². The van der Waals surface area contributed by atoms with E-state index in [-0.39, 0.29) is 23.9 Å². The van der Waals surface area contributed by atoms with Crippen LogP contribution in [0.1, 0.15) is 19.3 Å². The highest BCUT2D eigenvalue weighted by Gasteiger charge is 2.25. The monoisotopic (exact) mass is 313 g/mol.